The number of rotatable bonds is 2. The summed E-state index contributed by atoms with van der Waals surface area (Å²) in [5.41, 5.74) is 6.42. The van der Waals surface area contributed by atoms with E-state index >= 15 is 0 Å². The first-order valence-electron chi connectivity index (χ1n) is 7.03. The number of hydrogen-bond acceptors (Lipinski definition) is 5. The molecule has 0 fully saturated rings. The molecule has 1 aliphatic rings. The van der Waals surface area contributed by atoms with Gasteiger partial charge in [0, 0.05) is 10.4 Å². The minimum atomic E-state index is -0.719. The van der Waals surface area contributed by atoms with Gasteiger partial charge in [-0.05, 0) is 33.1 Å². The van der Waals surface area contributed by atoms with Gasteiger partial charge in [0.2, 0.25) is 0 Å². The van der Waals surface area contributed by atoms with Gasteiger partial charge < -0.3 is 10.5 Å². The Morgan fingerprint density at radius 3 is 2.67 bits per heavy atom. The number of ether oxygens (including phenoxy) is 1. The van der Waals surface area contributed by atoms with Crippen molar-refractivity contribution in [2.24, 2.45) is 0 Å². The normalized spacial score (nSPS) is 19.2. The largest absolute Gasteiger partial charge is 0.465 e. The average Bonchev–Trinajstić information content (AvgIpc) is 2.78. The molecule has 0 saturated heterocycles. The van der Waals surface area contributed by atoms with Crippen LogP contribution in [0.4, 0.5) is 5.00 Å². The summed E-state index contributed by atoms with van der Waals surface area (Å²) in [5.74, 6) is -0.250. The SMILES string of the molecule is C.CC.CCOC(=O)C1(C)CCCc2sc(N)c(C#N)c21. The van der Waals surface area contributed by atoms with Crippen molar-refractivity contribution in [2.75, 3.05) is 12.3 Å². The van der Waals surface area contributed by atoms with Crippen molar-refractivity contribution in [3.63, 3.8) is 0 Å². The molecule has 0 saturated carbocycles. The molecule has 1 unspecified atom stereocenters. The predicted molar refractivity (Wildman–Crippen MR) is 88.4 cm³/mol. The fourth-order valence-corrected chi connectivity index (χ4v) is 3.78. The second kappa shape index (κ2) is 8.04. The molecule has 118 valence electrons. The van der Waals surface area contributed by atoms with Crippen molar-refractivity contribution in [1.82, 2.24) is 0 Å². The Morgan fingerprint density at radius 2 is 2.14 bits per heavy atom. The molecule has 0 amide bonds. The standard InChI is InChI=1S/C13H16N2O2S.C2H6.CH4/c1-3-17-12(16)13(2)6-4-5-9-10(13)8(7-14)11(15)18-9;1-2;/h3-6,15H2,1-2H3;1-2H3;1H4. The third-order valence-electron chi connectivity index (χ3n) is 3.48. The lowest BCUT2D eigenvalue weighted by atomic mass is 9.72. The predicted octanol–water partition coefficient (Wildman–Crippen LogP) is 4.02. The minimum Gasteiger partial charge on any atom is -0.465 e. The molecule has 1 aliphatic carbocycles. The molecule has 21 heavy (non-hydrogen) atoms. The number of hydrogen-bond donors (Lipinski definition) is 1. The van der Waals surface area contributed by atoms with Gasteiger partial charge >= 0.3 is 5.97 Å². The van der Waals surface area contributed by atoms with Gasteiger partial charge in [0.15, 0.2) is 0 Å². The molecule has 0 aliphatic heterocycles. The Morgan fingerprint density at radius 1 is 1.52 bits per heavy atom. The highest BCUT2D eigenvalue weighted by Crippen LogP contribution is 2.46. The average molecular weight is 310 g/mol. The number of fused-ring (bicyclic) bond motifs is 1. The zero-order chi connectivity index (χ0) is 15.3. The summed E-state index contributed by atoms with van der Waals surface area (Å²) < 4.78 is 5.17. The molecule has 1 heterocycles. The van der Waals surface area contributed by atoms with Crippen LogP contribution in [0.15, 0.2) is 0 Å². The Hall–Kier alpha value is -1.54. The molecule has 2 rings (SSSR count). The number of aryl methyl sites for hydroxylation is 1. The monoisotopic (exact) mass is 310 g/mol. The molecule has 4 nitrogen and oxygen atoms in total. The maximum Gasteiger partial charge on any atom is 0.316 e. The van der Waals surface area contributed by atoms with E-state index in [9.17, 15) is 10.1 Å². The molecule has 1 atom stereocenters. The van der Waals surface area contributed by atoms with E-state index in [1.54, 1.807) is 6.92 Å². The lowest BCUT2D eigenvalue weighted by molar-refractivity contribution is -0.150. The number of carbonyl (C=O) groups excluding carboxylic acids is 1. The summed E-state index contributed by atoms with van der Waals surface area (Å²) in [6, 6.07) is 2.13. The number of nitrogen functional groups attached to an aromatic ring is 1. The maximum absolute atomic E-state index is 12.2. The molecular weight excluding hydrogens is 284 g/mol. The molecule has 1 aromatic heterocycles. The molecule has 0 spiro atoms. The van der Waals surface area contributed by atoms with Crippen molar-refractivity contribution < 1.29 is 9.53 Å². The van der Waals surface area contributed by atoms with E-state index in [-0.39, 0.29) is 13.4 Å². The Bertz CT molecular complexity index is 531. The molecular formula is C16H26N2O2S. The number of anilines is 1. The van der Waals surface area contributed by atoms with Gasteiger partial charge in [0.05, 0.1) is 17.6 Å². The summed E-state index contributed by atoms with van der Waals surface area (Å²) >= 11 is 1.43. The van der Waals surface area contributed by atoms with E-state index in [2.05, 4.69) is 6.07 Å². The third kappa shape index (κ3) is 3.38. The van der Waals surface area contributed by atoms with E-state index in [1.165, 1.54) is 11.3 Å². The van der Waals surface area contributed by atoms with Crippen molar-refractivity contribution in [2.45, 2.75) is 59.8 Å². The van der Waals surface area contributed by atoms with Crippen molar-refractivity contribution in [3.8, 4) is 6.07 Å². The van der Waals surface area contributed by atoms with Crippen LogP contribution in [0.5, 0.6) is 0 Å². The molecule has 0 bridgehead atoms. The van der Waals surface area contributed by atoms with E-state index < -0.39 is 5.41 Å². The van der Waals surface area contributed by atoms with Gasteiger partial charge in [-0.15, -0.1) is 11.3 Å². The quantitative estimate of drug-likeness (QED) is 0.837. The molecule has 1 aromatic rings. The first-order valence-corrected chi connectivity index (χ1v) is 7.85. The first-order chi connectivity index (χ1) is 9.54. The topological polar surface area (TPSA) is 76.1 Å². The van der Waals surface area contributed by atoms with Gasteiger partial charge in [-0.2, -0.15) is 5.26 Å². The van der Waals surface area contributed by atoms with Gasteiger partial charge in [-0.1, -0.05) is 21.3 Å². The van der Waals surface area contributed by atoms with Crippen LogP contribution < -0.4 is 5.73 Å². The van der Waals surface area contributed by atoms with Crippen LogP contribution in [0, 0.1) is 11.3 Å². The highest BCUT2D eigenvalue weighted by Gasteiger charge is 2.44. The molecule has 2 N–H and O–H groups in total. The zero-order valence-electron chi connectivity index (χ0n) is 12.6. The van der Waals surface area contributed by atoms with Crippen LogP contribution >= 0.6 is 11.3 Å². The third-order valence-corrected chi connectivity index (χ3v) is 4.56. The molecule has 0 radical (unpaired) electrons. The summed E-state index contributed by atoms with van der Waals surface area (Å²) in [4.78, 5) is 13.3. The van der Waals surface area contributed by atoms with E-state index in [0.717, 1.165) is 23.3 Å². The second-order valence-electron chi connectivity index (χ2n) is 4.66. The number of nitrogens with zero attached hydrogens (tertiary/aromatic N) is 1. The smallest absolute Gasteiger partial charge is 0.316 e. The number of thiophene rings is 1. The van der Waals surface area contributed by atoms with Crippen LogP contribution in [0.1, 0.15) is 64.0 Å². The van der Waals surface area contributed by atoms with Gasteiger partial charge in [-0.3, -0.25) is 4.79 Å². The molecule has 0 aromatic carbocycles. The fraction of sp³-hybridized carbons (Fsp3) is 0.625. The number of nitrogens with two attached hydrogens (primary N) is 1. The van der Waals surface area contributed by atoms with Gasteiger partial charge in [0.25, 0.3) is 0 Å². The summed E-state index contributed by atoms with van der Waals surface area (Å²) in [6.45, 7) is 8.00. The first kappa shape index (κ1) is 19.5. The van der Waals surface area contributed by atoms with E-state index in [4.69, 9.17) is 10.5 Å². The summed E-state index contributed by atoms with van der Waals surface area (Å²) in [6.07, 6.45) is 2.53. The van der Waals surface area contributed by atoms with Crippen molar-refractivity contribution >= 4 is 22.3 Å². The highest BCUT2D eigenvalue weighted by atomic mass is 32.1. The summed E-state index contributed by atoms with van der Waals surface area (Å²) in [5, 5.41) is 9.75. The number of nitriles is 1. The second-order valence-corrected chi connectivity index (χ2v) is 5.79. The van der Waals surface area contributed by atoms with Crippen LogP contribution in [0.2, 0.25) is 0 Å². The highest BCUT2D eigenvalue weighted by molar-refractivity contribution is 7.16. The maximum atomic E-state index is 12.2. The number of carbonyl (C=O) groups is 1. The van der Waals surface area contributed by atoms with Crippen LogP contribution in [-0.4, -0.2) is 12.6 Å². The summed E-state index contributed by atoms with van der Waals surface area (Å²) in [7, 11) is 0. The van der Waals surface area contributed by atoms with E-state index in [0.29, 0.717) is 23.6 Å². The lowest BCUT2D eigenvalue weighted by Crippen LogP contribution is -2.37. The van der Waals surface area contributed by atoms with Gasteiger partial charge in [0.1, 0.15) is 11.1 Å². The van der Waals surface area contributed by atoms with Crippen LogP contribution in [0.3, 0.4) is 0 Å². The van der Waals surface area contributed by atoms with Gasteiger partial charge in [-0.25, -0.2) is 0 Å². The van der Waals surface area contributed by atoms with Crippen molar-refractivity contribution in [1.29, 1.82) is 5.26 Å². The number of esters is 1. The molecule has 5 heteroatoms. The Kier molecular flexibility index (Phi) is 7.45. The van der Waals surface area contributed by atoms with Crippen LogP contribution in [0.25, 0.3) is 0 Å². The lowest BCUT2D eigenvalue weighted by Gasteiger charge is -2.31. The van der Waals surface area contributed by atoms with Crippen molar-refractivity contribution in [3.05, 3.63) is 16.0 Å². The minimum absolute atomic E-state index is 0. The Labute approximate surface area is 131 Å². The van der Waals surface area contributed by atoms with E-state index in [1.807, 2.05) is 20.8 Å². The zero-order valence-corrected chi connectivity index (χ0v) is 13.4. The Balaban J connectivity index is 0.00000128. The fourth-order valence-electron chi connectivity index (χ4n) is 2.59. The van der Waals surface area contributed by atoms with Crippen LogP contribution in [-0.2, 0) is 21.4 Å².